The van der Waals surface area contributed by atoms with Gasteiger partial charge in [0.25, 0.3) is 6.26 Å². The first-order valence-electron chi connectivity index (χ1n) is 3.59. The number of ether oxygens (including phenoxy) is 2. The normalized spacial score (nSPS) is 8.54. The SMILES string of the molecule is N#COC(=O)OCc1ccccc1. The molecule has 0 atom stereocenters. The highest BCUT2D eigenvalue weighted by atomic mass is 16.7. The molecule has 0 bridgehead atoms. The number of nitriles is 1. The summed E-state index contributed by atoms with van der Waals surface area (Å²) in [4.78, 5) is 10.5. The lowest BCUT2D eigenvalue weighted by Gasteiger charge is -2.00. The summed E-state index contributed by atoms with van der Waals surface area (Å²) in [5.41, 5.74) is 0.845. The van der Waals surface area contributed by atoms with Gasteiger partial charge in [-0.15, -0.1) is 5.26 Å². The zero-order valence-corrected chi connectivity index (χ0v) is 6.77. The van der Waals surface area contributed by atoms with E-state index in [1.165, 1.54) is 6.26 Å². The van der Waals surface area contributed by atoms with Crippen LogP contribution in [0.3, 0.4) is 0 Å². The Labute approximate surface area is 75.3 Å². The fourth-order valence-corrected chi connectivity index (χ4v) is 0.783. The second-order valence-corrected chi connectivity index (χ2v) is 2.22. The van der Waals surface area contributed by atoms with Gasteiger partial charge in [-0.3, -0.25) is 0 Å². The van der Waals surface area contributed by atoms with Gasteiger partial charge in [-0.1, -0.05) is 30.3 Å². The van der Waals surface area contributed by atoms with Crippen LogP contribution in [0.15, 0.2) is 30.3 Å². The van der Waals surface area contributed by atoms with Crippen LogP contribution in [-0.4, -0.2) is 6.16 Å². The van der Waals surface area contributed by atoms with Crippen molar-refractivity contribution in [2.24, 2.45) is 0 Å². The maximum absolute atomic E-state index is 10.5. The van der Waals surface area contributed by atoms with E-state index in [2.05, 4.69) is 9.47 Å². The molecule has 1 rings (SSSR count). The monoisotopic (exact) mass is 177 g/mol. The Morgan fingerprint density at radius 2 is 2.08 bits per heavy atom. The Kier molecular flexibility index (Phi) is 3.33. The molecule has 0 heterocycles. The van der Waals surface area contributed by atoms with Crippen molar-refractivity contribution in [3.63, 3.8) is 0 Å². The third-order valence-electron chi connectivity index (χ3n) is 1.33. The summed E-state index contributed by atoms with van der Waals surface area (Å²) in [6, 6.07) is 9.12. The topological polar surface area (TPSA) is 59.3 Å². The molecule has 1 aromatic carbocycles. The lowest BCUT2D eigenvalue weighted by Crippen LogP contribution is -2.03. The molecule has 0 N–H and O–H groups in total. The van der Waals surface area contributed by atoms with E-state index in [1.807, 2.05) is 18.2 Å². The molecule has 0 spiro atoms. The lowest BCUT2D eigenvalue weighted by molar-refractivity contribution is 0.0829. The van der Waals surface area contributed by atoms with Gasteiger partial charge in [0.05, 0.1) is 0 Å². The van der Waals surface area contributed by atoms with Gasteiger partial charge in [-0.25, -0.2) is 4.79 Å². The maximum atomic E-state index is 10.5. The van der Waals surface area contributed by atoms with Gasteiger partial charge < -0.3 is 9.47 Å². The van der Waals surface area contributed by atoms with Crippen molar-refractivity contribution in [3.8, 4) is 6.26 Å². The minimum Gasteiger partial charge on any atom is -0.429 e. The molecule has 0 aliphatic rings. The van der Waals surface area contributed by atoms with Crippen molar-refractivity contribution in [3.05, 3.63) is 35.9 Å². The molecule has 0 radical (unpaired) electrons. The van der Waals surface area contributed by atoms with Gasteiger partial charge in [0.2, 0.25) is 0 Å². The van der Waals surface area contributed by atoms with Crippen molar-refractivity contribution in [1.82, 2.24) is 0 Å². The minimum absolute atomic E-state index is 0.112. The summed E-state index contributed by atoms with van der Waals surface area (Å²) in [6.07, 6.45) is 0.249. The first kappa shape index (κ1) is 9.07. The van der Waals surface area contributed by atoms with Gasteiger partial charge in [0, 0.05) is 0 Å². The summed E-state index contributed by atoms with van der Waals surface area (Å²) in [7, 11) is 0. The van der Waals surface area contributed by atoms with Crippen molar-refractivity contribution in [1.29, 1.82) is 5.26 Å². The van der Waals surface area contributed by atoms with Gasteiger partial charge in [-0.05, 0) is 5.56 Å². The first-order chi connectivity index (χ1) is 6.33. The number of carbonyl (C=O) groups excluding carboxylic acids is 1. The van der Waals surface area contributed by atoms with E-state index in [0.29, 0.717) is 0 Å². The van der Waals surface area contributed by atoms with E-state index in [4.69, 9.17) is 5.26 Å². The Morgan fingerprint density at radius 3 is 2.69 bits per heavy atom. The molecule has 0 unspecified atom stereocenters. The number of carbonyl (C=O) groups is 1. The number of rotatable bonds is 2. The zero-order valence-electron chi connectivity index (χ0n) is 6.77. The fourth-order valence-electron chi connectivity index (χ4n) is 0.783. The molecule has 66 valence electrons. The second-order valence-electron chi connectivity index (χ2n) is 2.22. The smallest absolute Gasteiger partial charge is 0.429 e. The summed E-state index contributed by atoms with van der Waals surface area (Å²) in [5, 5.41) is 7.96. The Bertz CT molecular complexity index is 315. The summed E-state index contributed by atoms with van der Waals surface area (Å²) >= 11 is 0. The number of benzene rings is 1. The van der Waals surface area contributed by atoms with E-state index in [1.54, 1.807) is 12.1 Å². The molecule has 13 heavy (non-hydrogen) atoms. The number of hydrogen-bond acceptors (Lipinski definition) is 4. The highest BCUT2D eigenvalue weighted by molar-refractivity contribution is 5.60. The van der Waals surface area contributed by atoms with Crippen LogP contribution in [0, 0.1) is 11.5 Å². The average molecular weight is 177 g/mol. The Hall–Kier alpha value is -2.02. The molecule has 4 heteroatoms. The van der Waals surface area contributed by atoms with Crippen molar-refractivity contribution >= 4 is 6.16 Å². The van der Waals surface area contributed by atoms with Crippen LogP contribution in [0.4, 0.5) is 4.79 Å². The van der Waals surface area contributed by atoms with Gasteiger partial charge >= 0.3 is 6.16 Å². The molecule has 0 saturated carbocycles. The molecule has 0 aliphatic heterocycles. The lowest BCUT2D eigenvalue weighted by atomic mass is 10.2. The molecule has 0 fully saturated rings. The Morgan fingerprint density at radius 1 is 1.38 bits per heavy atom. The van der Waals surface area contributed by atoms with Crippen molar-refractivity contribution in [2.75, 3.05) is 0 Å². The molecule has 0 aromatic heterocycles. The average Bonchev–Trinajstić information content (AvgIpc) is 2.17. The largest absolute Gasteiger partial charge is 0.524 e. The van der Waals surface area contributed by atoms with Crippen LogP contribution in [-0.2, 0) is 16.1 Å². The van der Waals surface area contributed by atoms with Gasteiger partial charge in [-0.2, -0.15) is 0 Å². The molecule has 1 aromatic rings. The van der Waals surface area contributed by atoms with Crippen LogP contribution in [0.2, 0.25) is 0 Å². The Balaban J connectivity index is 2.36. The number of nitrogens with zero attached hydrogens (tertiary/aromatic N) is 1. The minimum atomic E-state index is -0.980. The quantitative estimate of drug-likeness (QED) is 0.510. The molecular formula is C9H7NO3. The zero-order chi connectivity index (χ0) is 9.52. The molecule has 0 saturated heterocycles. The molecule has 0 amide bonds. The highest BCUT2D eigenvalue weighted by Gasteiger charge is 2.02. The molecule has 0 aliphatic carbocycles. The number of hydrogen-bond donors (Lipinski definition) is 0. The van der Waals surface area contributed by atoms with E-state index in [0.717, 1.165) is 5.56 Å². The van der Waals surface area contributed by atoms with Crippen LogP contribution in [0.1, 0.15) is 5.56 Å². The first-order valence-corrected chi connectivity index (χ1v) is 3.59. The summed E-state index contributed by atoms with van der Waals surface area (Å²) in [6.45, 7) is 0.112. The van der Waals surface area contributed by atoms with Gasteiger partial charge in [0.15, 0.2) is 0 Å². The third-order valence-corrected chi connectivity index (χ3v) is 1.33. The summed E-state index contributed by atoms with van der Waals surface area (Å²) in [5.74, 6) is 0. The van der Waals surface area contributed by atoms with E-state index in [9.17, 15) is 4.79 Å². The highest BCUT2D eigenvalue weighted by Crippen LogP contribution is 2.00. The van der Waals surface area contributed by atoms with Crippen molar-refractivity contribution < 1.29 is 14.3 Å². The van der Waals surface area contributed by atoms with Crippen LogP contribution in [0.25, 0.3) is 0 Å². The van der Waals surface area contributed by atoms with Gasteiger partial charge in [0.1, 0.15) is 6.61 Å². The van der Waals surface area contributed by atoms with Crippen molar-refractivity contribution in [2.45, 2.75) is 6.61 Å². The molecular weight excluding hydrogens is 170 g/mol. The van der Waals surface area contributed by atoms with Crippen LogP contribution >= 0.6 is 0 Å². The third kappa shape index (κ3) is 3.25. The van der Waals surface area contributed by atoms with E-state index < -0.39 is 6.16 Å². The van der Waals surface area contributed by atoms with Crippen LogP contribution in [0.5, 0.6) is 0 Å². The second kappa shape index (κ2) is 4.78. The fraction of sp³-hybridized carbons (Fsp3) is 0.111. The van der Waals surface area contributed by atoms with Crippen LogP contribution < -0.4 is 0 Å². The standard InChI is InChI=1S/C9H7NO3/c10-7-13-9(11)12-6-8-4-2-1-3-5-8/h1-5H,6H2. The summed E-state index contributed by atoms with van der Waals surface area (Å²) < 4.78 is 8.49. The van der Waals surface area contributed by atoms with E-state index in [-0.39, 0.29) is 6.61 Å². The maximum Gasteiger partial charge on any atom is 0.524 e. The van der Waals surface area contributed by atoms with E-state index >= 15 is 0 Å². The predicted octanol–water partition coefficient (Wildman–Crippen LogP) is 1.82. The predicted molar refractivity (Wildman–Crippen MR) is 43.3 cm³/mol. The molecule has 4 nitrogen and oxygen atoms in total.